The SMILES string of the molecule is CCCC[C@@H]1C(=O)N(C)CCN1C(=O)c1cc2cccc(C)c2o1. The van der Waals surface area contributed by atoms with Crippen LogP contribution in [0.25, 0.3) is 11.0 Å². The Hall–Kier alpha value is -2.30. The van der Waals surface area contributed by atoms with Gasteiger partial charge in [0.25, 0.3) is 5.91 Å². The van der Waals surface area contributed by atoms with Crippen LogP contribution in [0, 0.1) is 6.92 Å². The Kier molecular flexibility index (Phi) is 4.60. The average molecular weight is 328 g/mol. The monoisotopic (exact) mass is 328 g/mol. The van der Waals surface area contributed by atoms with E-state index in [1.807, 2.05) is 25.1 Å². The minimum atomic E-state index is -0.384. The first kappa shape index (κ1) is 16.6. The van der Waals surface area contributed by atoms with E-state index >= 15 is 0 Å². The quantitative estimate of drug-likeness (QED) is 0.866. The van der Waals surface area contributed by atoms with E-state index in [0.29, 0.717) is 25.3 Å². The van der Waals surface area contributed by atoms with Crippen LogP contribution < -0.4 is 0 Å². The number of hydrogen-bond acceptors (Lipinski definition) is 3. The number of benzene rings is 1. The standard InChI is InChI=1S/C19H24N2O3/c1-4-5-9-15-18(22)20(3)10-11-21(15)19(23)16-12-14-8-6-7-13(2)17(14)24-16/h6-8,12,15H,4-5,9-11H2,1-3H3/t15-/m1/s1. The van der Waals surface area contributed by atoms with Crippen LogP contribution in [-0.4, -0.2) is 47.8 Å². The lowest BCUT2D eigenvalue weighted by atomic mass is 10.0. The van der Waals surface area contributed by atoms with Gasteiger partial charge in [-0.3, -0.25) is 9.59 Å². The Balaban J connectivity index is 1.90. The number of hydrogen-bond donors (Lipinski definition) is 0. The van der Waals surface area contributed by atoms with Gasteiger partial charge in [0.05, 0.1) is 0 Å². The van der Waals surface area contributed by atoms with Crippen molar-refractivity contribution in [2.45, 2.75) is 39.2 Å². The number of furan rings is 1. The van der Waals surface area contributed by atoms with Crippen molar-refractivity contribution >= 4 is 22.8 Å². The number of carbonyl (C=O) groups is 2. The molecule has 0 saturated carbocycles. The first-order valence-electron chi connectivity index (χ1n) is 8.58. The number of carbonyl (C=O) groups excluding carboxylic acids is 2. The molecule has 1 aliphatic rings. The molecule has 5 nitrogen and oxygen atoms in total. The second-order valence-corrected chi connectivity index (χ2v) is 6.52. The maximum atomic E-state index is 13.0. The van der Waals surface area contributed by atoms with Gasteiger partial charge in [-0.2, -0.15) is 0 Å². The van der Waals surface area contributed by atoms with Crippen molar-refractivity contribution in [2.24, 2.45) is 0 Å². The highest BCUT2D eigenvalue weighted by Crippen LogP contribution is 2.25. The lowest BCUT2D eigenvalue weighted by Gasteiger charge is -2.38. The molecule has 24 heavy (non-hydrogen) atoms. The number of likely N-dealkylation sites (N-methyl/N-ethyl adjacent to an activating group) is 1. The molecule has 0 N–H and O–H groups in total. The van der Waals surface area contributed by atoms with Crippen LogP contribution in [0.2, 0.25) is 0 Å². The zero-order chi connectivity index (χ0) is 17.3. The lowest BCUT2D eigenvalue weighted by Crippen LogP contribution is -2.57. The number of para-hydroxylation sites is 1. The molecule has 1 saturated heterocycles. The molecule has 5 heteroatoms. The summed E-state index contributed by atoms with van der Waals surface area (Å²) in [6.45, 7) is 5.16. The van der Waals surface area contributed by atoms with Crippen LogP contribution in [0.4, 0.5) is 0 Å². The summed E-state index contributed by atoms with van der Waals surface area (Å²) in [5, 5.41) is 0.920. The summed E-state index contributed by atoms with van der Waals surface area (Å²) >= 11 is 0. The fourth-order valence-corrected chi connectivity index (χ4v) is 3.29. The van der Waals surface area contributed by atoms with E-state index in [9.17, 15) is 9.59 Å². The molecular formula is C19H24N2O3. The zero-order valence-corrected chi connectivity index (χ0v) is 14.5. The van der Waals surface area contributed by atoms with Crippen LogP contribution >= 0.6 is 0 Å². The fraction of sp³-hybridized carbons (Fsp3) is 0.474. The predicted octanol–water partition coefficient (Wildman–Crippen LogP) is 3.21. The van der Waals surface area contributed by atoms with E-state index in [-0.39, 0.29) is 17.9 Å². The second-order valence-electron chi connectivity index (χ2n) is 6.52. The highest BCUT2D eigenvalue weighted by atomic mass is 16.3. The normalized spacial score (nSPS) is 18.5. The maximum absolute atomic E-state index is 13.0. The van der Waals surface area contributed by atoms with Gasteiger partial charge in [-0.15, -0.1) is 0 Å². The summed E-state index contributed by atoms with van der Waals surface area (Å²) in [6, 6.07) is 7.25. The lowest BCUT2D eigenvalue weighted by molar-refractivity contribution is -0.138. The summed E-state index contributed by atoms with van der Waals surface area (Å²) < 4.78 is 5.81. The van der Waals surface area contributed by atoms with Gasteiger partial charge >= 0.3 is 0 Å². The number of fused-ring (bicyclic) bond motifs is 1. The molecule has 0 spiro atoms. The van der Waals surface area contributed by atoms with E-state index in [1.54, 1.807) is 22.9 Å². The van der Waals surface area contributed by atoms with Gasteiger partial charge in [0.15, 0.2) is 5.76 Å². The number of amides is 2. The minimum absolute atomic E-state index is 0.0235. The van der Waals surface area contributed by atoms with Gasteiger partial charge in [0.2, 0.25) is 5.91 Å². The van der Waals surface area contributed by atoms with Crippen LogP contribution in [0.1, 0.15) is 42.3 Å². The molecule has 1 atom stereocenters. The van der Waals surface area contributed by atoms with Gasteiger partial charge < -0.3 is 14.2 Å². The van der Waals surface area contributed by atoms with E-state index in [4.69, 9.17) is 4.42 Å². The smallest absolute Gasteiger partial charge is 0.290 e. The highest BCUT2D eigenvalue weighted by molar-refractivity contribution is 5.99. The van der Waals surface area contributed by atoms with Crippen LogP contribution in [0.3, 0.4) is 0 Å². The molecule has 1 aromatic carbocycles. The number of nitrogens with zero attached hydrogens (tertiary/aromatic N) is 2. The van der Waals surface area contributed by atoms with Crippen molar-refractivity contribution < 1.29 is 14.0 Å². The van der Waals surface area contributed by atoms with Crippen LogP contribution in [-0.2, 0) is 4.79 Å². The summed E-state index contributed by atoms with van der Waals surface area (Å²) in [7, 11) is 1.80. The molecule has 1 fully saturated rings. The van der Waals surface area contributed by atoms with E-state index in [1.165, 1.54) is 0 Å². The molecule has 0 aliphatic carbocycles. The van der Waals surface area contributed by atoms with Gasteiger partial charge in [-0.05, 0) is 25.0 Å². The molecule has 1 aromatic heterocycles. The third-order valence-electron chi connectivity index (χ3n) is 4.76. The van der Waals surface area contributed by atoms with Gasteiger partial charge in [0.1, 0.15) is 11.6 Å². The summed E-state index contributed by atoms with van der Waals surface area (Å²) in [4.78, 5) is 28.9. The third-order valence-corrected chi connectivity index (χ3v) is 4.76. The third kappa shape index (κ3) is 2.90. The van der Waals surface area contributed by atoms with E-state index in [2.05, 4.69) is 6.92 Å². The second kappa shape index (κ2) is 6.67. The van der Waals surface area contributed by atoms with Crippen LogP contribution in [0.5, 0.6) is 0 Å². The summed E-state index contributed by atoms with van der Waals surface area (Å²) in [5.74, 6) is 0.154. The molecule has 1 aliphatic heterocycles. The molecule has 3 rings (SSSR count). The molecule has 0 bridgehead atoms. The van der Waals surface area contributed by atoms with Crippen LogP contribution in [0.15, 0.2) is 28.7 Å². The van der Waals surface area contributed by atoms with Gasteiger partial charge in [-0.25, -0.2) is 0 Å². The first-order valence-corrected chi connectivity index (χ1v) is 8.58. The molecule has 2 aromatic rings. The van der Waals surface area contributed by atoms with E-state index < -0.39 is 0 Å². The molecule has 0 unspecified atom stereocenters. The largest absolute Gasteiger partial charge is 0.451 e. The zero-order valence-electron chi connectivity index (χ0n) is 14.5. The highest BCUT2D eigenvalue weighted by Gasteiger charge is 2.36. The summed E-state index contributed by atoms with van der Waals surface area (Å²) in [5.41, 5.74) is 1.75. The molecule has 2 amide bonds. The summed E-state index contributed by atoms with van der Waals surface area (Å²) in [6.07, 6.45) is 2.62. The first-order chi connectivity index (χ1) is 11.5. The fourth-order valence-electron chi connectivity index (χ4n) is 3.29. The van der Waals surface area contributed by atoms with Crippen molar-refractivity contribution in [3.8, 4) is 0 Å². The Morgan fingerprint density at radius 3 is 2.83 bits per heavy atom. The maximum Gasteiger partial charge on any atom is 0.290 e. The minimum Gasteiger partial charge on any atom is -0.451 e. The molecular weight excluding hydrogens is 304 g/mol. The Labute approximate surface area is 142 Å². The van der Waals surface area contributed by atoms with Crippen molar-refractivity contribution in [2.75, 3.05) is 20.1 Å². The Morgan fingerprint density at radius 1 is 1.33 bits per heavy atom. The molecule has 0 radical (unpaired) electrons. The Bertz CT molecular complexity index is 765. The van der Waals surface area contributed by atoms with E-state index in [0.717, 1.165) is 29.4 Å². The van der Waals surface area contributed by atoms with Gasteiger partial charge in [-0.1, -0.05) is 38.0 Å². The predicted molar refractivity (Wildman–Crippen MR) is 92.9 cm³/mol. The molecule has 128 valence electrons. The van der Waals surface area contributed by atoms with Crippen molar-refractivity contribution in [3.63, 3.8) is 0 Å². The number of piperazine rings is 1. The number of unbranched alkanes of at least 4 members (excludes halogenated alkanes) is 1. The van der Waals surface area contributed by atoms with Crippen molar-refractivity contribution in [1.82, 2.24) is 9.80 Å². The van der Waals surface area contributed by atoms with Crippen molar-refractivity contribution in [3.05, 3.63) is 35.6 Å². The topological polar surface area (TPSA) is 53.8 Å². The average Bonchev–Trinajstić information content (AvgIpc) is 3.01. The molecule has 2 heterocycles. The Morgan fingerprint density at radius 2 is 2.12 bits per heavy atom. The number of rotatable bonds is 4. The number of aryl methyl sites for hydroxylation is 1. The van der Waals surface area contributed by atoms with Gasteiger partial charge in [0, 0.05) is 25.5 Å². The van der Waals surface area contributed by atoms with Crippen molar-refractivity contribution in [1.29, 1.82) is 0 Å².